The average Bonchev–Trinajstić information content (AvgIpc) is 2.18. The molecule has 0 radical (unpaired) electrons. The number of carbonyl (C=O) groups is 1. The summed E-state index contributed by atoms with van der Waals surface area (Å²) < 4.78 is 0. The summed E-state index contributed by atoms with van der Waals surface area (Å²) in [4.78, 5) is 11.5. The Morgan fingerprint density at radius 3 is 2.81 bits per heavy atom. The highest BCUT2D eigenvalue weighted by molar-refractivity contribution is 5.91. The third kappa shape index (κ3) is 1.73. The van der Waals surface area contributed by atoms with E-state index >= 15 is 0 Å². The number of allylic oxidation sites excluding steroid dienone is 2. The van der Waals surface area contributed by atoms with E-state index in [1.165, 1.54) is 5.57 Å². The van der Waals surface area contributed by atoms with Gasteiger partial charge in [-0.05, 0) is 49.5 Å². The lowest BCUT2D eigenvalue weighted by Crippen LogP contribution is -2.45. The van der Waals surface area contributed by atoms with Gasteiger partial charge in [0.15, 0.2) is 5.78 Å². The molecule has 2 heteroatoms. The quantitative estimate of drug-likeness (QED) is 0.740. The molecule has 4 atom stereocenters. The fourth-order valence-electron chi connectivity index (χ4n) is 3.91. The first-order valence-corrected chi connectivity index (χ1v) is 6.37. The molecule has 2 aliphatic carbocycles. The SMILES string of the molecule is CC(O)C1C(C)CCC2=CC(=O)CCC21C. The largest absolute Gasteiger partial charge is 0.393 e. The van der Waals surface area contributed by atoms with Crippen LogP contribution in [-0.4, -0.2) is 17.0 Å². The van der Waals surface area contributed by atoms with Crippen molar-refractivity contribution in [2.75, 3.05) is 0 Å². The smallest absolute Gasteiger partial charge is 0.155 e. The molecule has 0 saturated heterocycles. The van der Waals surface area contributed by atoms with E-state index in [4.69, 9.17) is 0 Å². The van der Waals surface area contributed by atoms with Crippen molar-refractivity contribution in [1.29, 1.82) is 0 Å². The molecule has 16 heavy (non-hydrogen) atoms. The number of aliphatic hydroxyl groups is 1. The zero-order valence-electron chi connectivity index (χ0n) is 10.5. The van der Waals surface area contributed by atoms with Crippen LogP contribution in [0.15, 0.2) is 11.6 Å². The van der Waals surface area contributed by atoms with Crippen LogP contribution in [-0.2, 0) is 4.79 Å². The number of hydrogen-bond donors (Lipinski definition) is 1. The van der Waals surface area contributed by atoms with E-state index in [0.717, 1.165) is 19.3 Å². The lowest BCUT2D eigenvalue weighted by molar-refractivity contribution is -0.117. The molecule has 1 N–H and O–H groups in total. The first-order chi connectivity index (χ1) is 7.45. The van der Waals surface area contributed by atoms with E-state index < -0.39 is 0 Å². The maximum atomic E-state index is 11.5. The summed E-state index contributed by atoms with van der Waals surface area (Å²) in [6.07, 6.45) is 5.27. The van der Waals surface area contributed by atoms with Crippen molar-refractivity contribution >= 4 is 5.78 Å². The molecule has 0 amide bonds. The van der Waals surface area contributed by atoms with Crippen molar-refractivity contribution in [3.63, 3.8) is 0 Å². The Morgan fingerprint density at radius 2 is 2.19 bits per heavy atom. The first kappa shape index (κ1) is 11.8. The molecule has 0 heterocycles. The van der Waals surface area contributed by atoms with Crippen LogP contribution in [0, 0.1) is 17.3 Å². The van der Waals surface area contributed by atoms with E-state index in [9.17, 15) is 9.90 Å². The maximum Gasteiger partial charge on any atom is 0.155 e. The highest BCUT2D eigenvalue weighted by atomic mass is 16.3. The molecule has 0 aliphatic heterocycles. The molecule has 0 aromatic heterocycles. The van der Waals surface area contributed by atoms with Gasteiger partial charge in [0.2, 0.25) is 0 Å². The fourth-order valence-corrected chi connectivity index (χ4v) is 3.91. The molecule has 4 unspecified atom stereocenters. The molecule has 2 nitrogen and oxygen atoms in total. The normalized spacial score (nSPS) is 41.2. The minimum Gasteiger partial charge on any atom is -0.393 e. The van der Waals surface area contributed by atoms with Gasteiger partial charge in [0, 0.05) is 6.42 Å². The standard InChI is InChI=1S/C14H22O2/c1-9-4-5-11-8-12(16)6-7-14(11,3)13(9)10(2)15/h8-10,13,15H,4-7H2,1-3H3. The van der Waals surface area contributed by atoms with Gasteiger partial charge in [-0.2, -0.15) is 0 Å². The Morgan fingerprint density at radius 1 is 1.50 bits per heavy atom. The van der Waals surface area contributed by atoms with Crippen LogP contribution < -0.4 is 0 Å². The molecule has 90 valence electrons. The van der Waals surface area contributed by atoms with Crippen LogP contribution >= 0.6 is 0 Å². The van der Waals surface area contributed by atoms with E-state index in [2.05, 4.69) is 13.8 Å². The maximum absolute atomic E-state index is 11.5. The molecule has 0 aromatic carbocycles. The van der Waals surface area contributed by atoms with Gasteiger partial charge in [-0.3, -0.25) is 4.79 Å². The topological polar surface area (TPSA) is 37.3 Å². The van der Waals surface area contributed by atoms with Gasteiger partial charge in [0.1, 0.15) is 0 Å². The third-order valence-electron chi connectivity index (χ3n) is 4.70. The van der Waals surface area contributed by atoms with Crippen molar-refractivity contribution in [3.05, 3.63) is 11.6 Å². The number of carbonyl (C=O) groups excluding carboxylic acids is 1. The molecule has 0 bridgehead atoms. The molecule has 1 saturated carbocycles. The Hall–Kier alpha value is -0.630. The Labute approximate surface area is 97.7 Å². The molecule has 0 spiro atoms. The molecular weight excluding hydrogens is 200 g/mol. The number of aliphatic hydroxyl groups excluding tert-OH is 1. The van der Waals surface area contributed by atoms with Gasteiger partial charge in [0.05, 0.1) is 6.10 Å². The van der Waals surface area contributed by atoms with E-state index in [-0.39, 0.29) is 17.3 Å². The summed E-state index contributed by atoms with van der Waals surface area (Å²) >= 11 is 0. The summed E-state index contributed by atoms with van der Waals surface area (Å²) in [5.74, 6) is 1.13. The van der Waals surface area contributed by atoms with Gasteiger partial charge in [-0.25, -0.2) is 0 Å². The summed E-state index contributed by atoms with van der Waals surface area (Å²) in [6, 6.07) is 0. The van der Waals surface area contributed by atoms with E-state index in [0.29, 0.717) is 18.3 Å². The second-order valence-electron chi connectivity index (χ2n) is 5.84. The molecule has 1 fully saturated rings. The average molecular weight is 222 g/mol. The number of hydrogen-bond acceptors (Lipinski definition) is 2. The first-order valence-electron chi connectivity index (χ1n) is 6.37. The van der Waals surface area contributed by atoms with Crippen LogP contribution in [0.1, 0.15) is 46.5 Å². The Bertz CT molecular complexity index is 330. The second kappa shape index (κ2) is 3.99. The van der Waals surface area contributed by atoms with Crippen molar-refractivity contribution in [2.24, 2.45) is 17.3 Å². The molecule has 2 rings (SSSR count). The minimum atomic E-state index is -0.281. The summed E-state index contributed by atoms with van der Waals surface area (Å²) in [5.41, 5.74) is 1.34. The zero-order chi connectivity index (χ0) is 11.9. The fraction of sp³-hybridized carbons (Fsp3) is 0.786. The Kier molecular flexibility index (Phi) is 2.95. The summed E-state index contributed by atoms with van der Waals surface area (Å²) in [6.45, 7) is 6.36. The van der Waals surface area contributed by atoms with Crippen molar-refractivity contribution in [1.82, 2.24) is 0 Å². The molecule has 2 aliphatic rings. The predicted molar refractivity (Wildman–Crippen MR) is 64.0 cm³/mol. The van der Waals surface area contributed by atoms with Gasteiger partial charge in [-0.1, -0.05) is 19.4 Å². The van der Waals surface area contributed by atoms with E-state index in [1.807, 2.05) is 13.0 Å². The van der Waals surface area contributed by atoms with Gasteiger partial charge < -0.3 is 5.11 Å². The monoisotopic (exact) mass is 222 g/mol. The van der Waals surface area contributed by atoms with Crippen LogP contribution in [0.4, 0.5) is 0 Å². The molecular formula is C14H22O2. The van der Waals surface area contributed by atoms with Crippen LogP contribution in [0.5, 0.6) is 0 Å². The highest BCUT2D eigenvalue weighted by Gasteiger charge is 2.47. The van der Waals surface area contributed by atoms with Crippen LogP contribution in [0.3, 0.4) is 0 Å². The zero-order valence-corrected chi connectivity index (χ0v) is 10.5. The number of ketones is 1. The minimum absolute atomic E-state index is 0.0553. The third-order valence-corrected chi connectivity index (χ3v) is 4.70. The lowest BCUT2D eigenvalue weighted by atomic mass is 9.55. The van der Waals surface area contributed by atoms with Gasteiger partial charge >= 0.3 is 0 Å². The summed E-state index contributed by atoms with van der Waals surface area (Å²) in [5, 5.41) is 10.0. The number of rotatable bonds is 1. The lowest BCUT2D eigenvalue weighted by Gasteiger charge is -2.50. The summed E-state index contributed by atoms with van der Waals surface area (Å²) in [7, 11) is 0. The van der Waals surface area contributed by atoms with Crippen LogP contribution in [0.25, 0.3) is 0 Å². The van der Waals surface area contributed by atoms with Crippen LogP contribution in [0.2, 0.25) is 0 Å². The van der Waals surface area contributed by atoms with Crippen molar-refractivity contribution in [3.8, 4) is 0 Å². The number of fused-ring (bicyclic) bond motifs is 1. The van der Waals surface area contributed by atoms with Gasteiger partial charge in [0.25, 0.3) is 0 Å². The molecule has 0 aromatic rings. The van der Waals surface area contributed by atoms with Gasteiger partial charge in [-0.15, -0.1) is 0 Å². The predicted octanol–water partition coefficient (Wildman–Crippen LogP) is 2.71. The van der Waals surface area contributed by atoms with Crippen molar-refractivity contribution < 1.29 is 9.90 Å². The van der Waals surface area contributed by atoms with Crippen molar-refractivity contribution in [2.45, 2.75) is 52.6 Å². The highest BCUT2D eigenvalue weighted by Crippen LogP contribution is 2.53. The van der Waals surface area contributed by atoms with E-state index in [1.54, 1.807) is 0 Å². The Balaban J connectivity index is 2.38. The second-order valence-corrected chi connectivity index (χ2v) is 5.84.